The lowest BCUT2D eigenvalue weighted by molar-refractivity contribution is -0.146. The van der Waals surface area contributed by atoms with Crippen LogP contribution in [0.1, 0.15) is 19.4 Å². The Morgan fingerprint density at radius 3 is 2.60 bits per heavy atom. The Kier molecular flexibility index (Phi) is 3.35. The lowest BCUT2D eigenvalue weighted by Gasteiger charge is -2.19. The van der Waals surface area contributed by atoms with Gasteiger partial charge >= 0.3 is 5.97 Å². The van der Waals surface area contributed by atoms with E-state index in [-0.39, 0.29) is 17.0 Å². The maximum Gasteiger partial charge on any atom is 0.309 e. The summed E-state index contributed by atoms with van der Waals surface area (Å²) in [5, 5.41) is 9.19. The van der Waals surface area contributed by atoms with Crippen LogP contribution in [0, 0.1) is 11.2 Å². The standard InChI is InChI=1S/C11H12ClFO2/c1-11(2,10(14)15)6-7-8(12)4-3-5-9(7)13/h3-5H,6H2,1-2H3,(H,14,15). The molecule has 0 amide bonds. The number of carboxylic acid groups (broad SMARTS) is 1. The Hall–Kier alpha value is -1.09. The molecular weight excluding hydrogens is 219 g/mol. The molecule has 0 fully saturated rings. The van der Waals surface area contributed by atoms with E-state index in [2.05, 4.69) is 0 Å². The Morgan fingerprint density at radius 2 is 2.13 bits per heavy atom. The van der Waals surface area contributed by atoms with Crippen LogP contribution in [-0.4, -0.2) is 11.1 Å². The van der Waals surface area contributed by atoms with E-state index in [0.717, 1.165) is 0 Å². The molecule has 2 nitrogen and oxygen atoms in total. The third-order valence-electron chi connectivity index (χ3n) is 2.26. The van der Waals surface area contributed by atoms with Gasteiger partial charge in [-0.1, -0.05) is 17.7 Å². The molecule has 82 valence electrons. The van der Waals surface area contributed by atoms with Crippen LogP contribution in [-0.2, 0) is 11.2 Å². The second-order valence-corrected chi connectivity index (χ2v) is 4.47. The fraction of sp³-hybridized carbons (Fsp3) is 0.364. The summed E-state index contributed by atoms with van der Waals surface area (Å²) in [6.07, 6.45) is 0.0772. The molecule has 0 aliphatic heterocycles. The van der Waals surface area contributed by atoms with E-state index in [4.69, 9.17) is 16.7 Å². The molecule has 1 aromatic carbocycles. The number of hydrogen-bond donors (Lipinski definition) is 1. The van der Waals surface area contributed by atoms with Crippen LogP contribution >= 0.6 is 11.6 Å². The minimum Gasteiger partial charge on any atom is -0.481 e. The molecule has 0 unspecified atom stereocenters. The molecule has 0 aromatic heterocycles. The van der Waals surface area contributed by atoms with E-state index < -0.39 is 17.2 Å². The maximum atomic E-state index is 13.4. The number of aliphatic carboxylic acids is 1. The SMILES string of the molecule is CC(C)(Cc1c(F)cccc1Cl)C(=O)O. The number of carbonyl (C=O) groups is 1. The van der Waals surface area contributed by atoms with Gasteiger partial charge in [-0.25, -0.2) is 4.39 Å². The van der Waals surface area contributed by atoms with Crippen LogP contribution in [0.2, 0.25) is 5.02 Å². The largest absolute Gasteiger partial charge is 0.481 e. The first-order valence-corrected chi connectivity index (χ1v) is 4.88. The molecule has 0 heterocycles. The molecule has 0 spiro atoms. The third-order valence-corrected chi connectivity index (χ3v) is 2.61. The zero-order chi connectivity index (χ0) is 11.6. The highest BCUT2D eigenvalue weighted by atomic mass is 35.5. The van der Waals surface area contributed by atoms with Gasteiger partial charge in [-0.15, -0.1) is 0 Å². The first kappa shape index (κ1) is 12.0. The predicted molar refractivity (Wildman–Crippen MR) is 56.5 cm³/mol. The number of halogens is 2. The second kappa shape index (κ2) is 4.19. The van der Waals surface area contributed by atoms with Crippen LogP contribution in [0.5, 0.6) is 0 Å². The van der Waals surface area contributed by atoms with E-state index >= 15 is 0 Å². The van der Waals surface area contributed by atoms with E-state index in [1.165, 1.54) is 26.0 Å². The average molecular weight is 231 g/mol. The van der Waals surface area contributed by atoms with Gasteiger partial charge in [-0.05, 0) is 32.4 Å². The summed E-state index contributed by atoms with van der Waals surface area (Å²) < 4.78 is 13.4. The molecular formula is C11H12ClFO2. The molecule has 1 rings (SSSR count). The van der Waals surface area contributed by atoms with Crippen LogP contribution in [0.4, 0.5) is 4.39 Å². The van der Waals surface area contributed by atoms with Gasteiger partial charge < -0.3 is 5.11 Å². The average Bonchev–Trinajstić information content (AvgIpc) is 2.11. The highest BCUT2D eigenvalue weighted by Crippen LogP contribution is 2.28. The van der Waals surface area contributed by atoms with Crippen LogP contribution < -0.4 is 0 Å². The van der Waals surface area contributed by atoms with Crippen molar-refractivity contribution in [2.45, 2.75) is 20.3 Å². The topological polar surface area (TPSA) is 37.3 Å². The lowest BCUT2D eigenvalue weighted by atomic mass is 9.86. The maximum absolute atomic E-state index is 13.4. The van der Waals surface area contributed by atoms with Crippen LogP contribution in [0.3, 0.4) is 0 Å². The Bertz CT molecular complexity index is 368. The zero-order valence-corrected chi connectivity index (χ0v) is 9.31. The zero-order valence-electron chi connectivity index (χ0n) is 8.55. The summed E-state index contributed by atoms with van der Waals surface area (Å²) in [6.45, 7) is 3.08. The van der Waals surface area contributed by atoms with Gasteiger partial charge in [0.25, 0.3) is 0 Å². The van der Waals surface area contributed by atoms with Crippen molar-refractivity contribution in [3.8, 4) is 0 Å². The lowest BCUT2D eigenvalue weighted by Crippen LogP contribution is -2.26. The number of rotatable bonds is 3. The first-order valence-electron chi connectivity index (χ1n) is 4.51. The molecule has 0 saturated heterocycles. The van der Waals surface area contributed by atoms with Crippen LogP contribution in [0.25, 0.3) is 0 Å². The normalized spacial score (nSPS) is 11.5. The first-order chi connectivity index (χ1) is 6.84. The van der Waals surface area contributed by atoms with Gasteiger partial charge in [0.1, 0.15) is 5.82 Å². The van der Waals surface area contributed by atoms with Crippen molar-refractivity contribution in [2.24, 2.45) is 5.41 Å². The van der Waals surface area contributed by atoms with Gasteiger partial charge in [0.2, 0.25) is 0 Å². The molecule has 0 aliphatic rings. The third kappa shape index (κ3) is 2.69. The highest BCUT2D eigenvalue weighted by Gasteiger charge is 2.29. The van der Waals surface area contributed by atoms with Crippen molar-refractivity contribution in [3.63, 3.8) is 0 Å². The quantitative estimate of drug-likeness (QED) is 0.866. The molecule has 0 atom stereocenters. The molecule has 15 heavy (non-hydrogen) atoms. The van der Waals surface area contributed by atoms with Gasteiger partial charge in [0.15, 0.2) is 0 Å². The molecule has 0 radical (unpaired) electrons. The molecule has 0 bridgehead atoms. The van der Waals surface area contributed by atoms with Crippen molar-refractivity contribution in [1.29, 1.82) is 0 Å². The minimum atomic E-state index is -1.02. The van der Waals surface area contributed by atoms with E-state index in [1.807, 2.05) is 0 Å². The minimum absolute atomic E-state index is 0.0772. The van der Waals surface area contributed by atoms with Crippen molar-refractivity contribution in [2.75, 3.05) is 0 Å². The van der Waals surface area contributed by atoms with Gasteiger partial charge in [0.05, 0.1) is 5.41 Å². The summed E-state index contributed by atoms with van der Waals surface area (Å²) in [4.78, 5) is 10.9. The summed E-state index contributed by atoms with van der Waals surface area (Å²) >= 11 is 5.81. The van der Waals surface area contributed by atoms with E-state index in [9.17, 15) is 9.18 Å². The summed E-state index contributed by atoms with van der Waals surface area (Å²) in [7, 11) is 0. The highest BCUT2D eigenvalue weighted by molar-refractivity contribution is 6.31. The summed E-state index contributed by atoms with van der Waals surface area (Å²) in [6, 6.07) is 4.33. The molecule has 4 heteroatoms. The van der Waals surface area contributed by atoms with Crippen molar-refractivity contribution in [1.82, 2.24) is 0 Å². The number of carboxylic acids is 1. The van der Waals surface area contributed by atoms with Crippen molar-refractivity contribution < 1.29 is 14.3 Å². The van der Waals surface area contributed by atoms with Gasteiger partial charge in [-0.2, -0.15) is 0 Å². The van der Waals surface area contributed by atoms with Crippen molar-refractivity contribution >= 4 is 17.6 Å². The van der Waals surface area contributed by atoms with Gasteiger partial charge in [-0.3, -0.25) is 4.79 Å². The van der Waals surface area contributed by atoms with Gasteiger partial charge in [0, 0.05) is 10.6 Å². The fourth-order valence-corrected chi connectivity index (χ4v) is 1.45. The summed E-state index contributed by atoms with van der Waals surface area (Å²) in [5.74, 6) is -1.43. The second-order valence-electron chi connectivity index (χ2n) is 4.07. The summed E-state index contributed by atoms with van der Waals surface area (Å²) in [5.41, 5.74) is -0.766. The Labute approximate surface area is 92.7 Å². The van der Waals surface area contributed by atoms with E-state index in [0.29, 0.717) is 0 Å². The van der Waals surface area contributed by atoms with Crippen molar-refractivity contribution in [3.05, 3.63) is 34.6 Å². The molecule has 1 N–H and O–H groups in total. The molecule has 0 saturated carbocycles. The van der Waals surface area contributed by atoms with Crippen LogP contribution in [0.15, 0.2) is 18.2 Å². The predicted octanol–water partition coefficient (Wildman–Crippen LogP) is 3.13. The van der Waals surface area contributed by atoms with E-state index in [1.54, 1.807) is 6.07 Å². The number of benzene rings is 1. The molecule has 1 aromatic rings. The smallest absolute Gasteiger partial charge is 0.309 e. The Morgan fingerprint density at radius 1 is 1.53 bits per heavy atom. The Balaban J connectivity index is 3.04. The fourth-order valence-electron chi connectivity index (χ4n) is 1.22. The molecule has 0 aliphatic carbocycles. The monoisotopic (exact) mass is 230 g/mol. The number of hydrogen-bond acceptors (Lipinski definition) is 1.